The maximum Gasteiger partial charge on any atom is 0.248 e. The van der Waals surface area contributed by atoms with Crippen LogP contribution in [0.2, 0.25) is 0 Å². The Kier molecular flexibility index (Phi) is 3.13. The molecule has 0 aromatic carbocycles. The first-order chi connectivity index (χ1) is 8.66. The third kappa shape index (κ3) is 2.43. The first-order valence-electron chi connectivity index (χ1n) is 6.17. The molecule has 1 saturated carbocycles. The lowest BCUT2D eigenvalue weighted by atomic mass is 10.3. The monoisotopic (exact) mass is 272 g/mol. The van der Waals surface area contributed by atoms with Crippen LogP contribution in [0, 0.1) is 5.92 Å². The molecule has 2 fully saturated rings. The van der Waals surface area contributed by atoms with Crippen LogP contribution in [-0.2, 0) is 14.8 Å². The molecule has 100 valence electrons. The van der Waals surface area contributed by atoms with E-state index in [0.717, 1.165) is 19.3 Å². The SMILES string of the molecule is O=S(=O)(c1cnoc1)N1CCC(OCC2CC2)C1. The lowest BCUT2D eigenvalue weighted by molar-refractivity contribution is 0.0561. The summed E-state index contributed by atoms with van der Waals surface area (Å²) in [5.41, 5.74) is 0. The van der Waals surface area contributed by atoms with Crippen molar-refractivity contribution in [3.63, 3.8) is 0 Å². The van der Waals surface area contributed by atoms with E-state index in [9.17, 15) is 8.42 Å². The van der Waals surface area contributed by atoms with Gasteiger partial charge in [0.1, 0.15) is 11.2 Å². The molecule has 0 bridgehead atoms. The number of nitrogens with zero attached hydrogens (tertiary/aromatic N) is 2. The van der Waals surface area contributed by atoms with Crippen molar-refractivity contribution < 1.29 is 17.7 Å². The van der Waals surface area contributed by atoms with Crippen molar-refractivity contribution >= 4 is 10.0 Å². The molecular weight excluding hydrogens is 256 g/mol. The summed E-state index contributed by atoms with van der Waals surface area (Å²) in [4.78, 5) is 0.116. The minimum absolute atomic E-state index is 0.0280. The molecule has 2 heterocycles. The molecule has 1 aromatic rings. The van der Waals surface area contributed by atoms with E-state index < -0.39 is 10.0 Å². The largest absolute Gasteiger partial charge is 0.377 e. The predicted molar refractivity (Wildman–Crippen MR) is 62.3 cm³/mol. The van der Waals surface area contributed by atoms with Gasteiger partial charge in [-0.1, -0.05) is 5.16 Å². The summed E-state index contributed by atoms with van der Waals surface area (Å²) in [5.74, 6) is 0.703. The number of aromatic nitrogens is 1. The molecule has 0 spiro atoms. The summed E-state index contributed by atoms with van der Waals surface area (Å²) in [6.07, 6.45) is 5.67. The van der Waals surface area contributed by atoms with E-state index in [2.05, 4.69) is 9.68 Å². The minimum atomic E-state index is -3.45. The maximum atomic E-state index is 12.2. The molecule has 0 amide bonds. The summed E-state index contributed by atoms with van der Waals surface area (Å²) in [5, 5.41) is 3.43. The predicted octanol–water partition coefficient (Wildman–Crippen LogP) is 0.864. The molecule has 1 unspecified atom stereocenters. The smallest absolute Gasteiger partial charge is 0.248 e. The van der Waals surface area contributed by atoms with Crippen LogP contribution in [0.5, 0.6) is 0 Å². The van der Waals surface area contributed by atoms with Crippen molar-refractivity contribution in [1.82, 2.24) is 9.46 Å². The summed E-state index contributed by atoms with van der Waals surface area (Å²) in [7, 11) is -3.45. The van der Waals surface area contributed by atoms with Crippen molar-refractivity contribution in [3.8, 4) is 0 Å². The van der Waals surface area contributed by atoms with Crippen LogP contribution in [0.4, 0.5) is 0 Å². The fraction of sp³-hybridized carbons (Fsp3) is 0.727. The number of hydrogen-bond acceptors (Lipinski definition) is 5. The average molecular weight is 272 g/mol. The first kappa shape index (κ1) is 12.1. The summed E-state index contributed by atoms with van der Waals surface area (Å²) >= 11 is 0. The van der Waals surface area contributed by atoms with E-state index >= 15 is 0 Å². The van der Waals surface area contributed by atoms with Crippen molar-refractivity contribution in [2.24, 2.45) is 5.92 Å². The first-order valence-corrected chi connectivity index (χ1v) is 7.61. The molecule has 1 atom stereocenters. The second-order valence-electron chi connectivity index (χ2n) is 4.91. The Morgan fingerprint density at radius 2 is 2.28 bits per heavy atom. The van der Waals surface area contributed by atoms with Gasteiger partial charge < -0.3 is 9.26 Å². The average Bonchev–Trinajstić information content (AvgIpc) is 2.87. The number of hydrogen-bond donors (Lipinski definition) is 0. The Hall–Kier alpha value is -0.920. The van der Waals surface area contributed by atoms with Gasteiger partial charge in [-0.2, -0.15) is 4.31 Å². The molecule has 18 heavy (non-hydrogen) atoms. The zero-order valence-electron chi connectivity index (χ0n) is 9.99. The van der Waals surface area contributed by atoms with Gasteiger partial charge in [-0.25, -0.2) is 8.42 Å². The fourth-order valence-corrected chi connectivity index (χ4v) is 3.43. The molecule has 6 nitrogen and oxygen atoms in total. The highest BCUT2D eigenvalue weighted by Gasteiger charge is 2.34. The molecule has 3 rings (SSSR count). The van der Waals surface area contributed by atoms with Gasteiger partial charge in [0.2, 0.25) is 10.0 Å². The highest BCUT2D eigenvalue weighted by molar-refractivity contribution is 7.89. The van der Waals surface area contributed by atoms with Crippen LogP contribution >= 0.6 is 0 Å². The number of rotatable bonds is 5. The van der Waals surface area contributed by atoms with Crippen LogP contribution < -0.4 is 0 Å². The van der Waals surface area contributed by atoms with Crippen LogP contribution in [0.25, 0.3) is 0 Å². The fourth-order valence-electron chi connectivity index (χ4n) is 2.08. The van der Waals surface area contributed by atoms with E-state index in [1.807, 2.05) is 0 Å². The minimum Gasteiger partial charge on any atom is -0.377 e. The highest BCUT2D eigenvalue weighted by atomic mass is 32.2. The van der Waals surface area contributed by atoms with Crippen molar-refractivity contribution in [1.29, 1.82) is 0 Å². The Balaban J connectivity index is 1.60. The zero-order valence-corrected chi connectivity index (χ0v) is 10.8. The molecule has 2 aliphatic rings. The van der Waals surface area contributed by atoms with Crippen LogP contribution in [0.15, 0.2) is 21.9 Å². The summed E-state index contributed by atoms with van der Waals surface area (Å²) in [6, 6.07) is 0. The normalized spacial score (nSPS) is 25.7. The highest BCUT2D eigenvalue weighted by Crippen LogP contribution is 2.30. The summed E-state index contributed by atoms with van der Waals surface area (Å²) < 4.78 is 36.1. The molecule has 1 aromatic heterocycles. The molecule has 7 heteroatoms. The van der Waals surface area contributed by atoms with Gasteiger partial charge in [-0.05, 0) is 25.2 Å². The van der Waals surface area contributed by atoms with Crippen LogP contribution in [-0.4, -0.2) is 43.7 Å². The van der Waals surface area contributed by atoms with E-state index in [1.54, 1.807) is 0 Å². The Morgan fingerprint density at radius 3 is 2.94 bits per heavy atom. The Morgan fingerprint density at radius 1 is 1.44 bits per heavy atom. The maximum absolute atomic E-state index is 12.2. The van der Waals surface area contributed by atoms with E-state index in [-0.39, 0.29) is 11.0 Å². The van der Waals surface area contributed by atoms with Gasteiger partial charge in [0.05, 0.1) is 12.3 Å². The van der Waals surface area contributed by atoms with Gasteiger partial charge in [0.15, 0.2) is 0 Å². The molecule has 1 aliphatic heterocycles. The topological polar surface area (TPSA) is 72.6 Å². The molecule has 1 saturated heterocycles. The molecule has 1 aliphatic carbocycles. The van der Waals surface area contributed by atoms with Crippen molar-refractivity contribution in [3.05, 3.63) is 12.5 Å². The Labute approximate surface area is 106 Å². The standard InChI is InChI=1S/C11H16N2O4S/c14-18(15,11-5-12-17-8-11)13-4-3-10(6-13)16-7-9-1-2-9/h5,8-10H,1-4,6-7H2. The second kappa shape index (κ2) is 4.64. The molecular formula is C11H16N2O4S. The zero-order chi connectivity index (χ0) is 12.6. The quantitative estimate of drug-likeness (QED) is 0.795. The van der Waals surface area contributed by atoms with E-state index in [0.29, 0.717) is 19.0 Å². The van der Waals surface area contributed by atoms with Gasteiger partial charge in [-0.3, -0.25) is 0 Å². The van der Waals surface area contributed by atoms with Crippen molar-refractivity contribution in [2.75, 3.05) is 19.7 Å². The van der Waals surface area contributed by atoms with Crippen molar-refractivity contribution in [2.45, 2.75) is 30.3 Å². The van der Waals surface area contributed by atoms with Gasteiger partial charge in [0, 0.05) is 19.7 Å². The summed E-state index contributed by atoms with van der Waals surface area (Å²) in [6.45, 7) is 1.70. The van der Waals surface area contributed by atoms with Gasteiger partial charge in [0.25, 0.3) is 0 Å². The van der Waals surface area contributed by atoms with E-state index in [1.165, 1.54) is 23.3 Å². The van der Waals surface area contributed by atoms with Crippen LogP contribution in [0.3, 0.4) is 0 Å². The second-order valence-corrected chi connectivity index (χ2v) is 6.85. The number of ether oxygens (including phenoxy) is 1. The number of sulfonamides is 1. The Bertz CT molecular complexity index is 495. The van der Waals surface area contributed by atoms with Gasteiger partial charge >= 0.3 is 0 Å². The lowest BCUT2D eigenvalue weighted by Gasteiger charge is -2.15. The van der Waals surface area contributed by atoms with Gasteiger partial charge in [-0.15, -0.1) is 0 Å². The van der Waals surface area contributed by atoms with Crippen LogP contribution in [0.1, 0.15) is 19.3 Å². The molecule has 0 N–H and O–H groups in total. The van der Waals surface area contributed by atoms with E-state index in [4.69, 9.17) is 4.74 Å². The third-order valence-corrected chi connectivity index (χ3v) is 5.23. The lowest BCUT2D eigenvalue weighted by Crippen LogP contribution is -2.30. The third-order valence-electron chi connectivity index (χ3n) is 3.42. The molecule has 0 radical (unpaired) electrons.